The molecule has 0 fully saturated rings. The van der Waals surface area contributed by atoms with E-state index in [9.17, 15) is 5.11 Å². The molecular weight excluding hydrogens is 296 g/mol. The van der Waals surface area contributed by atoms with E-state index in [4.69, 9.17) is 0 Å². The molecule has 2 atom stereocenters. The molecule has 1 aromatic heterocycles. The molecule has 2 aromatic carbocycles. The number of aromatic nitrogens is 1. The Kier molecular flexibility index (Phi) is 3.91. The Hall–Kier alpha value is -2.10. The Labute approximate surface area is 142 Å². The first-order valence-corrected chi connectivity index (χ1v) is 8.75. The number of fused-ring (bicyclic) bond motifs is 3. The second-order valence-electron chi connectivity index (χ2n) is 6.95. The van der Waals surface area contributed by atoms with Crippen molar-refractivity contribution in [3.05, 3.63) is 59.3 Å². The van der Waals surface area contributed by atoms with Crippen molar-refractivity contribution in [3.63, 3.8) is 0 Å². The van der Waals surface area contributed by atoms with Gasteiger partial charge in [0.15, 0.2) is 0 Å². The third-order valence-electron chi connectivity index (χ3n) is 5.04. The zero-order chi connectivity index (χ0) is 16.7. The van der Waals surface area contributed by atoms with Gasteiger partial charge in [0, 0.05) is 29.2 Å². The van der Waals surface area contributed by atoms with E-state index in [-0.39, 0.29) is 6.10 Å². The van der Waals surface area contributed by atoms with Gasteiger partial charge < -0.3 is 15.4 Å². The minimum atomic E-state index is -0.315. The summed E-state index contributed by atoms with van der Waals surface area (Å²) in [6, 6.07) is 15.5. The van der Waals surface area contributed by atoms with Crippen LogP contribution < -0.4 is 5.32 Å². The average molecular weight is 320 g/mol. The largest absolute Gasteiger partial charge is 0.392 e. The Bertz CT molecular complexity index is 864. The second kappa shape index (κ2) is 6.08. The standard InChI is InChI=1S/C21H24N2O/c1-13-10-16(15-6-4-3-5-7-15)11-18-17-8-9-19(22-12-14(2)24)21(17)23-20(13)18/h3-7,10-11,14,19,22-24H,8-9,12H2,1-2H3. The first-order chi connectivity index (χ1) is 11.6. The number of aromatic amines is 1. The van der Waals surface area contributed by atoms with Crippen LogP contribution >= 0.6 is 0 Å². The molecule has 0 spiro atoms. The lowest BCUT2D eigenvalue weighted by molar-refractivity contribution is 0.186. The predicted octanol–water partition coefficient (Wildman–Crippen LogP) is 4.10. The maximum absolute atomic E-state index is 9.53. The first kappa shape index (κ1) is 15.4. The molecule has 0 saturated heterocycles. The highest BCUT2D eigenvalue weighted by Gasteiger charge is 2.27. The van der Waals surface area contributed by atoms with Crippen molar-refractivity contribution in [3.8, 4) is 11.1 Å². The number of aliphatic hydroxyl groups excluding tert-OH is 1. The van der Waals surface area contributed by atoms with E-state index in [2.05, 4.69) is 59.7 Å². The SMILES string of the molecule is Cc1cc(-c2ccccc2)cc2c3c([nH]c12)C(NCC(C)O)CC3. The van der Waals surface area contributed by atoms with Crippen LogP contribution in [0.15, 0.2) is 42.5 Å². The normalized spacial score (nSPS) is 18.0. The fourth-order valence-electron chi connectivity index (χ4n) is 3.86. The second-order valence-corrected chi connectivity index (χ2v) is 6.95. The minimum Gasteiger partial charge on any atom is -0.392 e. The summed E-state index contributed by atoms with van der Waals surface area (Å²) in [7, 11) is 0. The summed E-state index contributed by atoms with van der Waals surface area (Å²) < 4.78 is 0. The lowest BCUT2D eigenvalue weighted by atomic mass is 9.99. The molecule has 0 saturated carbocycles. The molecule has 0 amide bonds. The zero-order valence-corrected chi connectivity index (χ0v) is 14.3. The maximum atomic E-state index is 9.53. The van der Waals surface area contributed by atoms with Gasteiger partial charge in [-0.05, 0) is 61.1 Å². The van der Waals surface area contributed by atoms with Crippen molar-refractivity contribution in [1.82, 2.24) is 10.3 Å². The minimum absolute atomic E-state index is 0.315. The van der Waals surface area contributed by atoms with Crippen molar-refractivity contribution < 1.29 is 5.11 Å². The van der Waals surface area contributed by atoms with Crippen molar-refractivity contribution in [2.45, 2.75) is 38.8 Å². The highest BCUT2D eigenvalue weighted by Crippen LogP contribution is 2.39. The molecule has 0 bridgehead atoms. The van der Waals surface area contributed by atoms with Crippen LogP contribution in [0.3, 0.4) is 0 Å². The van der Waals surface area contributed by atoms with E-state index < -0.39 is 0 Å². The Morgan fingerprint density at radius 3 is 2.75 bits per heavy atom. The zero-order valence-electron chi connectivity index (χ0n) is 14.3. The van der Waals surface area contributed by atoms with Gasteiger partial charge in [-0.15, -0.1) is 0 Å². The van der Waals surface area contributed by atoms with E-state index in [1.165, 1.54) is 38.9 Å². The van der Waals surface area contributed by atoms with Gasteiger partial charge in [0.2, 0.25) is 0 Å². The van der Waals surface area contributed by atoms with Gasteiger partial charge in [0.1, 0.15) is 0 Å². The monoisotopic (exact) mass is 320 g/mol. The molecular formula is C21H24N2O. The van der Waals surface area contributed by atoms with Crippen LogP contribution in [-0.4, -0.2) is 22.7 Å². The van der Waals surface area contributed by atoms with Crippen molar-refractivity contribution >= 4 is 10.9 Å². The van der Waals surface area contributed by atoms with E-state index in [1.54, 1.807) is 0 Å². The average Bonchev–Trinajstić information content (AvgIpc) is 3.14. The number of aliphatic hydroxyl groups is 1. The number of rotatable bonds is 4. The molecule has 24 heavy (non-hydrogen) atoms. The van der Waals surface area contributed by atoms with Crippen molar-refractivity contribution in [2.24, 2.45) is 0 Å². The third-order valence-corrected chi connectivity index (χ3v) is 5.04. The molecule has 3 aromatic rings. The van der Waals surface area contributed by atoms with Crippen molar-refractivity contribution in [1.29, 1.82) is 0 Å². The smallest absolute Gasteiger partial charge is 0.0636 e. The third kappa shape index (κ3) is 2.64. The van der Waals surface area contributed by atoms with Crippen LogP contribution in [-0.2, 0) is 6.42 Å². The van der Waals surface area contributed by atoms with Crippen LogP contribution in [0.2, 0.25) is 0 Å². The van der Waals surface area contributed by atoms with Gasteiger partial charge in [-0.1, -0.05) is 30.3 Å². The quantitative estimate of drug-likeness (QED) is 0.678. The summed E-state index contributed by atoms with van der Waals surface area (Å²) in [5.74, 6) is 0. The molecule has 124 valence electrons. The van der Waals surface area contributed by atoms with E-state index in [1.807, 2.05) is 6.92 Å². The molecule has 0 radical (unpaired) electrons. The number of hydrogen-bond donors (Lipinski definition) is 3. The van der Waals surface area contributed by atoms with Crippen LogP contribution in [0, 0.1) is 6.92 Å². The molecule has 0 aliphatic heterocycles. The molecule has 3 heteroatoms. The highest BCUT2D eigenvalue weighted by molar-refractivity contribution is 5.92. The summed E-state index contributed by atoms with van der Waals surface area (Å²) >= 11 is 0. The maximum Gasteiger partial charge on any atom is 0.0636 e. The summed E-state index contributed by atoms with van der Waals surface area (Å²) in [5, 5.41) is 14.4. The molecule has 2 unspecified atom stereocenters. The van der Waals surface area contributed by atoms with Gasteiger partial charge in [-0.25, -0.2) is 0 Å². The number of aryl methyl sites for hydroxylation is 2. The number of nitrogens with one attached hydrogen (secondary N) is 2. The highest BCUT2D eigenvalue weighted by atomic mass is 16.3. The summed E-state index contributed by atoms with van der Waals surface area (Å²) in [6.07, 6.45) is 1.87. The van der Waals surface area contributed by atoms with E-state index in [0.717, 1.165) is 12.8 Å². The van der Waals surface area contributed by atoms with Gasteiger partial charge in [0.05, 0.1) is 6.10 Å². The molecule has 1 heterocycles. The fraction of sp³-hybridized carbons (Fsp3) is 0.333. The topological polar surface area (TPSA) is 48.0 Å². The van der Waals surface area contributed by atoms with Gasteiger partial charge in [-0.3, -0.25) is 0 Å². The van der Waals surface area contributed by atoms with Gasteiger partial charge in [-0.2, -0.15) is 0 Å². The van der Waals surface area contributed by atoms with Gasteiger partial charge in [0.25, 0.3) is 0 Å². The predicted molar refractivity (Wildman–Crippen MR) is 99.2 cm³/mol. The fourth-order valence-corrected chi connectivity index (χ4v) is 3.86. The van der Waals surface area contributed by atoms with Crippen LogP contribution in [0.5, 0.6) is 0 Å². The summed E-state index contributed by atoms with van der Waals surface area (Å²) in [5.41, 5.74) is 7.83. The lowest BCUT2D eigenvalue weighted by Gasteiger charge is -2.14. The van der Waals surface area contributed by atoms with Crippen LogP contribution in [0.1, 0.15) is 36.2 Å². The first-order valence-electron chi connectivity index (χ1n) is 8.75. The summed E-state index contributed by atoms with van der Waals surface area (Å²) in [6.45, 7) is 4.64. The van der Waals surface area contributed by atoms with Crippen molar-refractivity contribution in [2.75, 3.05) is 6.54 Å². The lowest BCUT2D eigenvalue weighted by Crippen LogP contribution is -2.27. The van der Waals surface area contributed by atoms with E-state index in [0.29, 0.717) is 12.6 Å². The molecule has 4 rings (SSSR count). The number of hydrogen-bond acceptors (Lipinski definition) is 2. The van der Waals surface area contributed by atoms with E-state index >= 15 is 0 Å². The summed E-state index contributed by atoms with van der Waals surface area (Å²) in [4.78, 5) is 3.65. The van der Waals surface area contributed by atoms with Crippen LogP contribution in [0.4, 0.5) is 0 Å². The molecule has 1 aliphatic rings. The Morgan fingerprint density at radius 2 is 2.00 bits per heavy atom. The molecule has 3 N–H and O–H groups in total. The number of benzene rings is 2. The Balaban J connectivity index is 1.77. The number of H-pyrrole nitrogens is 1. The van der Waals surface area contributed by atoms with Crippen LogP contribution in [0.25, 0.3) is 22.0 Å². The Morgan fingerprint density at radius 1 is 1.21 bits per heavy atom. The molecule has 3 nitrogen and oxygen atoms in total. The molecule has 1 aliphatic carbocycles. The van der Waals surface area contributed by atoms with Gasteiger partial charge >= 0.3 is 0 Å².